The van der Waals surface area contributed by atoms with Crippen LogP contribution in [-0.2, 0) is 41.6 Å². The van der Waals surface area contributed by atoms with Crippen molar-refractivity contribution in [1.29, 1.82) is 0 Å². The molecule has 0 bridgehead atoms. The summed E-state index contributed by atoms with van der Waals surface area (Å²) in [5.74, 6) is -1.51. The highest BCUT2D eigenvalue weighted by Crippen LogP contribution is 2.39. The van der Waals surface area contributed by atoms with E-state index in [1.54, 1.807) is 65.7 Å². The van der Waals surface area contributed by atoms with Gasteiger partial charge in [-0.25, -0.2) is 0 Å². The maximum absolute atomic E-state index is 14.5. The number of benzene rings is 4. The minimum Gasteiger partial charge on any atom is -0.368 e. The topological polar surface area (TPSA) is 126 Å². The number of nitrogens with zero attached hydrogens (tertiary/aromatic N) is 3. The molecule has 292 valence electrons. The number of halogens is 3. The number of carbonyl (C=O) groups is 4. The van der Waals surface area contributed by atoms with Crippen molar-refractivity contribution in [2.24, 2.45) is 5.73 Å². The van der Waals surface area contributed by atoms with Crippen molar-refractivity contribution < 1.29 is 32.3 Å². The maximum atomic E-state index is 14.5. The van der Waals surface area contributed by atoms with Crippen LogP contribution in [-0.4, -0.2) is 51.5 Å². The number of anilines is 1. The van der Waals surface area contributed by atoms with Crippen LogP contribution in [0.15, 0.2) is 120 Å². The van der Waals surface area contributed by atoms with E-state index in [9.17, 15) is 32.3 Å². The summed E-state index contributed by atoms with van der Waals surface area (Å²) in [7, 11) is 0. The summed E-state index contributed by atoms with van der Waals surface area (Å²) in [6.45, 7) is 1.12. The van der Waals surface area contributed by atoms with Gasteiger partial charge in [-0.1, -0.05) is 60.7 Å². The molecule has 4 amide bonds. The van der Waals surface area contributed by atoms with E-state index in [0.717, 1.165) is 34.4 Å². The number of rotatable bonds is 8. The molecule has 58 heavy (non-hydrogen) atoms. The number of primary amides is 1. The molecule has 0 fully saturated rings. The van der Waals surface area contributed by atoms with Gasteiger partial charge in [-0.2, -0.15) is 24.5 Å². The van der Waals surface area contributed by atoms with Gasteiger partial charge >= 0.3 is 6.18 Å². The van der Waals surface area contributed by atoms with Crippen molar-refractivity contribution in [3.8, 4) is 22.3 Å². The van der Waals surface area contributed by atoms with E-state index >= 15 is 0 Å². The number of nitrogens with two attached hydrogens (primary N) is 1. The molecule has 4 aromatic carbocycles. The number of fused-ring (bicyclic) bond motifs is 2. The third kappa shape index (κ3) is 7.72. The fraction of sp³-hybridized carbons (Fsp3) is 0.178. The third-order valence-electron chi connectivity index (χ3n) is 10.7. The van der Waals surface area contributed by atoms with E-state index in [4.69, 9.17) is 5.73 Å². The molecule has 4 heterocycles. The lowest BCUT2D eigenvalue weighted by molar-refractivity contribution is -0.139. The van der Waals surface area contributed by atoms with Crippen molar-refractivity contribution in [2.45, 2.75) is 38.0 Å². The number of thiophene rings is 1. The van der Waals surface area contributed by atoms with Crippen LogP contribution >= 0.6 is 11.3 Å². The first kappa shape index (κ1) is 38.3. The largest absolute Gasteiger partial charge is 0.416 e. The number of alkyl halides is 3. The summed E-state index contributed by atoms with van der Waals surface area (Å²) in [5.41, 5.74) is 12.4. The average Bonchev–Trinajstić information content (AvgIpc) is 3.75. The molecule has 0 saturated carbocycles. The zero-order valence-electron chi connectivity index (χ0n) is 31.0. The standard InChI is InChI=1S/C45H36F3N5O4S/c46-45(47,48)33-11-7-28(8-12-33)35-4-3-5-36(30-10-14-37-31(23-30)16-20-53(41(37)42(49)55)39(54)22-27-17-21-58-26-27)40(35)43(56)51-34-13-9-32-25-52(19-15-29(32)24-34)44(57)38-6-1-2-18-50-38/h1-14,17-18,21,23-24,26,41H,15-16,19-20,22,25H2,(H2,49,55)(H,51,56). The molecule has 8 rings (SSSR count). The predicted molar refractivity (Wildman–Crippen MR) is 215 cm³/mol. The summed E-state index contributed by atoms with van der Waals surface area (Å²) in [5, 5.41) is 6.81. The van der Waals surface area contributed by atoms with Gasteiger partial charge in [-0.15, -0.1) is 0 Å². The first-order valence-corrected chi connectivity index (χ1v) is 19.6. The highest BCUT2D eigenvalue weighted by atomic mass is 32.1. The van der Waals surface area contributed by atoms with E-state index in [0.29, 0.717) is 65.1 Å². The quantitative estimate of drug-likeness (QED) is 0.161. The van der Waals surface area contributed by atoms with Crippen LogP contribution in [0.2, 0.25) is 0 Å². The molecular formula is C45H36F3N5O4S. The van der Waals surface area contributed by atoms with Gasteiger partial charge in [-0.05, 0) is 116 Å². The Bertz CT molecular complexity index is 2540. The van der Waals surface area contributed by atoms with Gasteiger partial charge in [0.25, 0.3) is 11.8 Å². The van der Waals surface area contributed by atoms with Gasteiger partial charge in [0.05, 0.1) is 17.5 Å². The van der Waals surface area contributed by atoms with Crippen molar-refractivity contribution in [3.05, 3.63) is 165 Å². The Morgan fingerprint density at radius 2 is 1.57 bits per heavy atom. The first-order chi connectivity index (χ1) is 27.9. The lowest BCUT2D eigenvalue weighted by Crippen LogP contribution is -2.46. The Labute approximate surface area is 335 Å². The smallest absolute Gasteiger partial charge is 0.368 e. The number of nitrogens with one attached hydrogen (secondary N) is 1. The number of aromatic nitrogens is 1. The van der Waals surface area contributed by atoms with E-state index < -0.39 is 29.6 Å². The van der Waals surface area contributed by atoms with Gasteiger partial charge in [-0.3, -0.25) is 24.2 Å². The molecule has 2 aliphatic heterocycles. The molecule has 2 aliphatic rings. The van der Waals surface area contributed by atoms with Crippen molar-refractivity contribution in [1.82, 2.24) is 14.8 Å². The number of pyridine rings is 1. The molecule has 3 N–H and O–H groups in total. The summed E-state index contributed by atoms with van der Waals surface area (Å²) < 4.78 is 40.6. The van der Waals surface area contributed by atoms with Gasteiger partial charge in [0.15, 0.2) is 0 Å². The minimum absolute atomic E-state index is 0.143. The van der Waals surface area contributed by atoms with Gasteiger partial charge < -0.3 is 20.9 Å². The van der Waals surface area contributed by atoms with E-state index in [2.05, 4.69) is 10.3 Å². The molecule has 6 aromatic rings. The fourth-order valence-corrected chi connectivity index (χ4v) is 8.47. The molecule has 1 unspecified atom stereocenters. The maximum Gasteiger partial charge on any atom is 0.416 e. The van der Waals surface area contributed by atoms with Crippen LogP contribution in [0.1, 0.15) is 60.3 Å². The summed E-state index contributed by atoms with van der Waals surface area (Å²) in [6, 6.07) is 26.9. The number of carbonyl (C=O) groups excluding carboxylic acids is 4. The first-order valence-electron chi connectivity index (χ1n) is 18.6. The van der Waals surface area contributed by atoms with E-state index in [-0.39, 0.29) is 30.3 Å². The van der Waals surface area contributed by atoms with Crippen LogP contribution in [0, 0.1) is 0 Å². The Kier molecular flexibility index (Phi) is 10.4. The Hall–Kier alpha value is -6.60. The molecule has 0 spiro atoms. The normalized spacial score (nSPS) is 15.0. The van der Waals surface area contributed by atoms with Crippen molar-refractivity contribution in [3.63, 3.8) is 0 Å². The highest BCUT2D eigenvalue weighted by Gasteiger charge is 2.35. The Morgan fingerprint density at radius 1 is 0.810 bits per heavy atom. The van der Waals surface area contributed by atoms with Crippen molar-refractivity contribution >= 4 is 40.7 Å². The number of hydrogen-bond donors (Lipinski definition) is 2. The summed E-state index contributed by atoms with van der Waals surface area (Å²) >= 11 is 1.48. The lowest BCUT2D eigenvalue weighted by atomic mass is 9.86. The zero-order chi connectivity index (χ0) is 40.6. The molecule has 9 nitrogen and oxygen atoms in total. The minimum atomic E-state index is -4.54. The number of amides is 4. The average molecular weight is 800 g/mol. The van der Waals surface area contributed by atoms with Crippen LogP contribution in [0.5, 0.6) is 0 Å². The third-order valence-corrected chi connectivity index (χ3v) is 11.4. The molecule has 0 saturated heterocycles. The van der Waals surface area contributed by atoms with Gasteiger partial charge in [0.1, 0.15) is 11.7 Å². The Morgan fingerprint density at radius 3 is 2.28 bits per heavy atom. The van der Waals surface area contributed by atoms with Crippen LogP contribution < -0.4 is 11.1 Å². The van der Waals surface area contributed by atoms with E-state index in [1.807, 2.05) is 35.0 Å². The Balaban J connectivity index is 1.12. The van der Waals surface area contributed by atoms with Crippen LogP contribution in [0.3, 0.4) is 0 Å². The fourth-order valence-electron chi connectivity index (χ4n) is 7.81. The van der Waals surface area contributed by atoms with Gasteiger partial charge in [0, 0.05) is 31.5 Å². The van der Waals surface area contributed by atoms with Gasteiger partial charge in [0.2, 0.25) is 11.8 Å². The molecule has 0 radical (unpaired) electrons. The highest BCUT2D eigenvalue weighted by molar-refractivity contribution is 7.08. The molecular weight excluding hydrogens is 764 g/mol. The van der Waals surface area contributed by atoms with Crippen LogP contribution in [0.4, 0.5) is 18.9 Å². The molecule has 0 aliphatic carbocycles. The summed E-state index contributed by atoms with van der Waals surface area (Å²) in [6.07, 6.45) is -1.82. The van der Waals surface area contributed by atoms with Crippen LogP contribution in [0.25, 0.3) is 22.3 Å². The predicted octanol–water partition coefficient (Wildman–Crippen LogP) is 8.10. The monoisotopic (exact) mass is 799 g/mol. The zero-order valence-corrected chi connectivity index (χ0v) is 31.8. The second kappa shape index (κ2) is 15.7. The lowest BCUT2D eigenvalue weighted by Gasteiger charge is -2.36. The molecule has 2 aromatic heterocycles. The summed E-state index contributed by atoms with van der Waals surface area (Å²) in [4.78, 5) is 61.3. The molecule has 13 heteroatoms. The second-order valence-electron chi connectivity index (χ2n) is 14.3. The molecule has 1 atom stereocenters. The number of hydrogen-bond acceptors (Lipinski definition) is 6. The van der Waals surface area contributed by atoms with E-state index in [1.165, 1.54) is 28.4 Å². The second-order valence-corrected chi connectivity index (χ2v) is 15.1. The van der Waals surface area contributed by atoms with Crippen molar-refractivity contribution in [2.75, 3.05) is 18.4 Å². The SMILES string of the molecule is NC(=O)C1c2ccc(-c3cccc(-c4ccc(C(F)(F)F)cc4)c3C(=O)Nc3ccc4c(c3)CCN(C(=O)c3ccccn3)C4)cc2CCN1C(=O)Cc1ccsc1.